The summed E-state index contributed by atoms with van der Waals surface area (Å²) in [7, 11) is 0. The zero-order chi connectivity index (χ0) is 14.2. The van der Waals surface area contributed by atoms with Crippen molar-refractivity contribution in [1.29, 1.82) is 0 Å². The van der Waals surface area contributed by atoms with E-state index in [1.807, 2.05) is 12.1 Å². The third-order valence-electron chi connectivity index (χ3n) is 3.59. The molecule has 106 valence electrons. The molecule has 1 aliphatic rings. The quantitative estimate of drug-likeness (QED) is 0.617. The first-order valence-electron chi connectivity index (χ1n) is 6.53. The van der Waals surface area contributed by atoms with Gasteiger partial charge in [-0.3, -0.25) is 4.79 Å². The lowest BCUT2D eigenvalue weighted by molar-refractivity contribution is 0.0264. The third kappa shape index (κ3) is 2.35. The van der Waals surface area contributed by atoms with Gasteiger partial charge in [0.05, 0.1) is 17.8 Å². The highest BCUT2D eigenvalue weighted by atomic mass is 16.5. The Morgan fingerprint density at radius 2 is 2.40 bits per heavy atom. The van der Waals surface area contributed by atoms with E-state index in [9.17, 15) is 9.90 Å². The molecule has 1 atom stereocenters. The van der Waals surface area contributed by atoms with Crippen LogP contribution in [0.3, 0.4) is 0 Å². The number of carbonyl (C=O) groups is 1. The highest BCUT2D eigenvalue weighted by molar-refractivity contribution is 6.00. The molecule has 1 fully saturated rings. The van der Waals surface area contributed by atoms with Crippen LogP contribution in [0.4, 0.5) is 5.69 Å². The Hall–Kier alpha value is -2.05. The zero-order valence-corrected chi connectivity index (χ0v) is 11.0. The van der Waals surface area contributed by atoms with Crippen molar-refractivity contribution >= 4 is 22.5 Å². The maximum absolute atomic E-state index is 12.1. The van der Waals surface area contributed by atoms with Crippen LogP contribution in [0.5, 0.6) is 0 Å². The van der Waals surface area contributed by atoms with Gasteiger partial charge in [-0.2, -0.15) is 0 Å². The van der Waals surface area contributed by atoms with Gasteiger partial charge in [-0.1, -0.05) is 12.1 Å². The fourth-order valence-corrected chi connectivity index (χ4v) is 2.38. The average Bonchev–Trinajstić information content (AvgIpc) is 3.04. The van der Waals surface area contributed by atoms with Gasteiger partial charge in [0.15, 0.2) is 0 Å². The van der Waals surface area contributed by atoms with Gasteiger partial charge < -0.3 is 25.9 Å². The van der Waals surface area contributed by atoms with E-state index in [1.54, 1.807) is 12.1 Å². The number of fused-ring (bicyclic) bond motifs is 1. The number of benzene rings is 1. The zero-order valence-electron chi connectivity index (χ0n) is 11.0. The predicted octanol–water partition coefficient (Wildman–Crippen LogP) is 0.631. The van der Waals surface area contributed by atoms with Gasteiger partial charge in [-0.05, 0) is 12.1 Å². The van der Waals surface area contributed by atoms with Crippen LogP contribution in [0.25, 0.3) is 10.9 Å². The number of amides is 1. The van der Waals surface area contributed by atoms with Crippen molar-refractivity contribution in [3.8, 4) is 0 Å². The Bertz CT molecular complexity index is 644. The van der Waals surface area contributed by atoms with Crippen molar-refractivity contribution in [1.82, 2.24) is 10.3 Å². The lowest BCUT2D eigenvalue weighted by atomic mass is 10.0. The van der Waals surface area contributed by atoms with Crippen LogP contribution in [0.15, 0.2) is 24.3 Å². The maximum Gasteiger partial charge on any atom is 0.267 e. The number of rotatable bonds is 3. The molecule has 1 saturated heterocycles. The molecule has 5 N–H and O–H groups in total. The highest BCUT2D eigenvalue weighted by Crippen LogP contribution is 2.21. The number of nitrogens with two attached hydrogens (primary N) is 1. The minimum atomic E-state index is -0.958. The molecule has 0 aliphatic carbocycles. The number of nitrogens with one attached hydrogen (secondary N) is 2. The molecule has 3 rings (SSSR count). The number of aliphatic hydroxyl groups is 1. The van der Waals surface area contributed by atoms with E-state index >= 15 is 0 Å². The SMILES string of the molecule is Nc1cccc2cc(C(=O)NCC3(O)CCOC3)[nH]c12. The smallest absolute Gasteiger partial charge is 0.267 e. The summed E-state index contributed by atoms with van der Waals surface area (Å²) in [5.41, 5.74) is 6.67. The Morgan fingerprint density at radius 1 is 1.55 bits per heavy atom. The number of carbonyl (C=O) groups excluding carboxylic acids is 1. The Balaban J connectivity index is 1.74. The van der Waals surface area contributed by atoms with E-state index in [4.69, 9.17) is 10.5 Å². The van der Waals surface area contributed by atoms with E-state index in [2.05, 4.69) is 10.3 Å². The van der Waals surface area contributed by atoms with E-state index in [0.29, 0.717) is 24.4 Å². The Kier molecular flexibility index (Phi) is 3.11. The first-order valence-corrected chi connectivity index (χ1v) is 6.53. The molecule has 1 aromatic heterocycles. The van der Waals surface area contributed by atoms with Gasteiger partial charge in [0.1, 0.15) is 11.3 Å². The van der Waals surface area contributed by atoms with Crippen molar-refractivity contribution < 1.29 is 14.6 Å². The molecule has 1 aromatic carbocycles. The van der Waals surface area contributed by atoms with Crippen LogP contribution >= 0.6 is 0 Å². The summed E-state index contributed by atoms with van der Waals surface area (Å²) in [4.78, 5) is 15.1. The minimum absolute atomic E-state index is 0.177. The summed E-state index contributed by atoms with van der Waals surface area (Å²) in [6.45, 7) is 0.957. The van der Waals surface area contributed by atoms with Gasteiger partial charge in [-0.25, -0.2) is 0 Å². The number of hydrogen-bond acceptors (Lipinski definition) is 4. The number of H-pyrrole nitrogens is 1. The number of nitrogen functional groups attached to an aromatic ring is 1. The van der Waals surface area contributed by atoms with E-state index in [-0.39, 0.29) is 19.1 Å². The van der Waals surface area contributed by atoms with Crippen LogP contribution in [0.1, 0.15) is 16.9 Å². The van der Waals surface area contributed by atoms with Crippen LogP contribution in [0.2, 0.25) is 0 Å². The monoisotopic (exact) mass is 275 g/mol. The lowest BCUT2D eigenvalue weighted by Crippen LogP contribution is -2.43. The Morgan fingerprint density at radius 3 is 3.10 bits per heavy atom. The average molecular weight is 275 g/mol. The number of anilines is 1. The molecule has 0 radical (unpaired) electrons. The van der Waals surface area contributed by atoms with Gasteiger partial charge in [0.25, 0.3) is 5.91 Å². The van der Waals surface area contributed by atoms with Crippen molar-refractivity contribution in [3.63, 3.8) is 0 Å². The van der Waals surface area contributed by atoms with Crippen LogP contribution in [-0.2, 0) is 4.74 Å². The largest absolute Gasteiger partial charge is 0.397 e. The molecule has 0 saturated carbocycles. The summed E-state index contributed by atoms with van der Waals surface area (Å²) in [6.07, 6.45) is 0.535. The van der Waals surface area contributed by atoms with Gasteiger partial charge in [0.2, 0.25) is 0 Å². The maximum atomic E-state index is 12.1. The summed E-state index contributed by atoms with van der Waals surface area (Å²) >= 11 is 0. The lowest BCUT2D eigenvalue weighted by Gasteiger charge is -2.20. The molecule has 2 heterocycles. The van der Waals surface area contributed by atoms with Gasteiger partial charge in [0, 0.05) is 25.0 Å². The molecule has 2 aromatic rings. The number of para-hydroxylation sites is 1. The molecular weight excluding hydrogens is 258 g/mol. The number of hydrogen-bond donors (Lipinski definition) is 4. The molecule has 0 bridgehead atoms. The molecule has 1 unspecified atom stereocenters. The molecule has 6 nitrogen and oxygen atoms in total. The second kappa shape index (κ2) is 4.81. The Labute approximate surface area is 115 Å². The van der Waals surface area contributed by atoms with E-state index < -0.39 is 5.60 Å². The second-order valence-electron chi connectivity index (χ2n) is 5.20. The second-order valence-corrected chi connectivity index (χ2v) is 5.20. The summed E-state index contributed by atoms with van der Waals surface area (Å²) in [6, 6.07) is 7.25. The van der Waals surface area contributed by atoms with Crippen molar-refractivity contribution in [2.24, 2.45) is 0 Å². The standard InChI is InChI=1S/C14H17N3O3/c15-10-3-1-2-9-6-11(17-12(9)10)13(18)16-7-14(19)4-5-20-8-14/h1-3,6,17,19H,4-5,7-8,15H2,(H,16,18). The molecular formula is C14H17N3O3. The molecule has 6 heteroatoms. The van der Waals surface area contributed by atoms with Gasteiger partial charge in [-0.15, -0.1) is 0 Å². The topological polar surface area (TPSA) is 100 Å². The highest BCUT2D eigenvalue weighted by Gasteiger charge is 2.32. The van der Waals surface area contributed by atoms with Crippen LogP contribution in [-0.4, -0.2) is 41.4 Å². The number of aromatic amines is 1. The summed E-state index contributed by atoms with van der Waals surface area (Å²) < 4.78 is 5.14. The molecule has 1 amide bonds. The van der Waals surface area contributed by atoms with Gasteiger partial charge >= 0.3 is 0 Å². The van der Waals surface area contributed by atoms with Crippen LogP contribution in [0, 0.1) is 0 Å². The van der Waals surface area contributed by atoms with Crippen molar-refractivity contribution in [2.45, 2.75) is 12.0 Å². The summed E-state index contributed by atoms with van der Waals surface area (Å²) in [5.74, 6) is -0.263. The molecule has 0 spiro atoms. The molecule has 20 heavy (non-hydrogen) atoms. The van der Waals surface area contributed by atoms with Crippen LogP contribution < -0.4 is 11.1 Å². The summed E-state index contributed by atoms with van der Waals surface area (Å²) in [5, 5.41) is 13.7. The minimum Gasteiger partial charge on any atom is -0.397 e. The fraction of sp³-hybridized carbons (Fsp3) is 0.357. The normalized spacial score (nSPS) is 22.2. The number of aromatic nitrogens is 1. The predicted molar refractivity (Wildman–Crippen MR) is 75.4 cm³/mol. The first-order chi connectivity index (χ1) is 9.57. The third-order valence-corrected chi connectivity index (χ3v) is 3.59. The van der Waals surface area contributed by atoms with Crippen molar-refractivity contribution in [2.75, 3.05) is 25.5 Å². The van der Waals surface area contributed by atoms with Crippen molar-refractivity contribution in [3.05, 3.63) is 30.0 Å². The van der Waals surface area contributed by atoms with E-state index in [0.717, 1.165) is 10.9 Å². The van der Waals surface area contributed by atoms with E-state index in [1.165, 1.54) is 0 Å². The molecule has 1 aliphatic heterocycles. The first kappa shape index (κ1) is 13.0. The number of ether oxygens (including phenoxy) is 1. The fourth-order valence-electron chi connectivity index (χ4n) is 2.38.